The number of benzene rings is 2. The van der Waals surface area contributed by atoms with Gasteiger partial charge in [-0.3, -0.25) is 4.79 Å². The Balaban J connectivity index is 2.01. The van der Waals surface area contributed by atoms with Gasteiger partial charge in [0.2, 0.25) is 5.91 Å². The predicted molar refractivity (Wildman–Crippen MR) is 76.5 cm³/mol. The first-order chi connectivity index (χ1) is 9.19. The number of nitrogens with one attached hydrogen (secondary N) is 1. The van der Waals surface area contributed by atoms with Crippen molar-refractivity contribution in [3.63, 3.8) is 0 Å². The lowest BCUT2D eigenvalue weighted by Crippen LogP contribution is -2.14. The quantitative estimate of drug-likeness (QED) is 0.911. The van der Waals surface area contributed by atoms with Crippen molar-refractivity contribution < 1.29 is 9.53 Å². The van der Waals surface area contributed by atoms with Crippen molar-refractivity contribution in [1.82, 2.24) is 0 Å². The molecule has 0 radical (unpaired) electrons. The van der Waals surface area contributed by atoms with Crippen LogP contribution in [0.15, 0.2) is 48.5 Å². The first-order valence-corrected chi connectivity index (χ1v) is 6.17. The summed E-state index contributed by atoms with van der Waals surface area (Å²) >= 11 is 0. The molecule has 19 heavy (non-hydrogen) atoms. The second-order valence-corrected chi connectivity index (χ2v) is 4.39. The van der Waals surface area contributed by atoms with Crippen molar-refractivity contribution in [2.24, 2.45) is 0 Å². The molecule has 2 aromatic carbocycles. The van der Waals surface area contributed by atoms with E-state index in [4.69, 9.17) is 4.74 Å². The van der Waals surface area contributed by atoms with Gasteiger partial charge in [0.25, 0.3) is 0 Å². The largest absolute Gasteiger partial charge is 0.496 e. The number of hydrogen-bond acceptors (Lipinski definition) is 2. The maximum atomic E-state index is 11.9. The molecule has 3 heteroatoms. The van der Waals surface area contributed by atoms with Gasteiger partial charge in [0.05, 0.1) is 13.5 Å². The summed E-state index contributed by atoms with van der Waals surface area (Å²) in [5, 5.41) is 2.87. The highest BCUT2D eigenvalue weighted by molar-refractivity contribution is 5.92. The second-order valence-electron chi connectivity index (χ2n) is 4.39. The molecular formula is C16H17NO2. The van der Waals surface area contributed by atoms with E-state index in [1.165, 1.54) is 0 Å². The summed E-state index contributed by atoms with van der Waals surface area (Å²) in [6.45, 7) is 1.97. The van der Waals surface area contributed by atoms with Crippen LogP contribution in [0, 0.1) is 6.92 Å². The van der Waals surface area contributed by atoms with Gasteiger partial charge in [-0.05, 0) is 36.2 Å². The Morgan fingerprint density at radius 3 is 2.53 bits per heavy atom. The van der Waals surface area contributed by atoms with E-state index in [2.05, 4.69) is 5.32 Å². The van der Waals surface area contributed by atoms with Crippen LogP contribution in [0.4, 0.5) is 5.69 Å². The normalized spacial score (nSPS) is 10.0. The van der Waals surface area contributed by atoms with Crippen LogP contribution in [0.5, 0.6) is 5.75 Å². The minimum Gasteiger partial charge on any atom is -0.496 e. The number of carbonyl (C=O) groups excluding carboxylic acids is 1. The highest BCUT2D eigenvalue weighted by atomic mass is 16.5. The molecule has 0 unspecified atom stereocenters. The van der Waals surface area contributed by atoms with Gasteiger partial charge in [0, 0.05) is 5.69 Å². The Labute approximate surface area is 113 Å². The van der Waals surface area contributed by atoms with E-state index in [-0.39, 0.29) is 5.91 Å². The van der Waals surface area contributed by atoms with Gasteiger partial charge in [-0.15, -0.1) is 0 Å². The Bertz CT molecular complexity index is 564. The zero-order valence-electron chi connectivity index (χ0n) is 11.1. The van der Waals surface area contributed by atoms with Crippen LogP contribution >= 0.6 is 0 Å². The number of carbonyl (C=O) groups is 1. The van der Waals surface area contributed by atoms with E-state index in [0.717, 1.165) is 22.6 Å². The van der Waals surface area contributed by atoms with Gasteiger partial charge in [-0.1, -0.05) is 30.3 Å². The van der Waals surface area contributed by atoms with Crippen LogP contribution in [-0.2, 0) is 11.2 Å². The van der Waals surface area contributed by atoms with Crippen molar-refractivity contribution in [2.45, 2.75) is 13.3 Å². The Kier molecular flexibility index (Phi) is 4.18. The smallest absolute Gasteiger partial charge is 0.228 e. The zero-order valence-corrected chi connectivity index (χ0v) is 11.1. The second kappa shape index (κ2) is 6.05. The molecule has 0 aliphatic rings. The molecule has 1 N–H and O–H groups in total. The van der Waals surface area contributed by atoms with E-state index >= 15 is 0 Å². The predicted octanol–water partition coefficient (Wildman–Crippen LogP) is 3.18. The number of amides is 1. The van der Waals surface area contributed by atoms with Crippen LogP contribution in [0.1, 0.15) is 11.1 Å². The van der Waals surface area contributed by atoms with E-state index in [9.17, 15) is 4.79 Å². The first kappa shape index (κ1) is 13.1. The summed E-state index contributed by atoms with van der Waals surface area (Å²) in [5.74, 6) is 0.822. The number of anilines is 1. The fourth-order valence-corrected chi connectivity index (χ4v) is 1.96. The van der Waals surface area contributed by atoms with Gasteiger partial charge < -0.3 is 10.1 Å². The Morgan fingerprint density at radius 1 is 1.16 bits per heavy atom. The van der Waals surface area contributed by atoms with Gasteiger partial charge >= 0.3 is 0 Å². The SMILES string of the molecule is COc1ccc(CC(=O)Nc2ccccc2)cc1C. The molecule has 0 fully saturated rings. The van der Waals surface area contributed by atoms with Crippen LogP contribution in [0.3, 0.4) is 0 Å². The molecule has 2 rings (SSSR count). The maximum absolute atomic E-state index is 11.9. The minimum absolute atomic E-state index is 0.0178. The molecule has 0 spiro atoms. The molecule has 98 valence electrons. The lowest BCUT2D eigenvalue weighted by Gasteiger charge is -2.08. The van der Waals surface area contributed by atoms with Crippen LogP contribution in [-0.4, -0.2) is 13.0 Å². The van der Waals surface area contributed by atoms with E-state index < -0.39 is 0 Å². The van der Waals surface area contributed by atoms with E-state index in [1.807, 2.05) is 55.5 Å². The highest BCUT2D eigenvalue weighted by Gasteiger charge is 2.06. The molecule has 0 bridgehead atoms. The number of hydrogen-bond donors (Lipinski definition) is 1. The lowest BCUT2D eigenvalue weighted by atomic mass is 10.1. The van der Waals surface area contributed by atoms with Crippen molar-refractivity contribution >= 4 is 11.6 Å². The fourth-order valence-electron chi connectivity index (χ4n) is 1.96. The number of methoxy groups -OCH3 is 1. The lowest BCUT2D eigenvalue weighted by molar-refractivity contribution is -0.115. The average molecular weight is 255 g/mol. The number of ether oxygens (including phenoxy) is 1. The maximum Gasteiger partial charge on any atom is 0.228 e. The monoisotopic (exact) mass is 255 g/mol. The molecule has 0 aliphatic carbocycles. The molecule has 0 atom stereocenters. The molecule has 3 nitrogen and oxygen atoms in total. The van der Waals surface area contributed by atoms with Crippen LogP contribution in [0.2, 0.25) is 0 Å². The molecular weight excluding hydrogens is 238 g/mol. The van der Waals surface area contributed by atoms with Gasteiger partial charge in [-0.25, -0.2) is 0 Å². The molecule has 0 saturated heterocycles. The van der Waals surface area contributed by atoms with Crippen molar-refractivity contribution in [1.29, 1.82) is 0 Å². The Hall–Kier alpha value is -2.29. The van der Waals surface area contributed by atoms with Crippen LogP contribution in [0.25, 0.3) is 0 Å². The molecule has 0 aliphatic heterocycles. The van der Waals surface area contributed by atoms with Crippen molar-refractivity contribution in [3.8, 4) is 5.75 Å². The molecule has 2 aromatic rings. The number of rotatable bonds is 4. The van der Waals surface area contributed by atoms with Crippen molar-refractivity contribution in [2.75, 3.05) is 12.4 Å². The van der Waals surface area contributed by atoms with Crippen LogP contribution < -0.4 is 10.1 Å². The molecule has 0 heterocycles. The third-order valence-electron chi connectivity index (χ3n) is 2.88. The summed E-state index contributed by atoms with van der Waals surface area (Å²) in [6, 6.07) is 15.2. The topological polar surface area (TPSA) is 38.3 Å². The van der Waals surface area contributed by atoms with Gasteiger partial charge in [-0.2, -0.15) is 0 Å². The Morgan fingerprint density at radius 2 is 1.89 bits per heavy atom. The van der Waals surface area contributed by atoms with E-state index in [0.29, 0.717) is 6.42 Å². The first-order valence-electron chi connectivity index (χ1n) is 6.17. The summed E-state index contributed by atoms with van der Waals surface area (Å²) in [4.78, 5) is 11.9. The minimum atomic E-state index is -0.0178. The van der Waals surface area contributed by atoms with Gasteiger partial charge in [0.15, 0.2) is 0 Å². The molecule has 1 amide bonds. The zero-order chi connectivity index (χ0) is 13.7. The fraction of sp³-hybridized carbons (Fsp3) is 0.188. The summed E-state index contributed by atoms with van der Waals surface area (Å²) < 4.78 is 5.20. The summed E-state index contributed by atoms with van der Waals surface area (Å²) in [5.41, 5.74) is 2.83. The van der Waals surface area contributed by atoms with Gasteiger partial charge in [0.1, 0.15) is 5.75 Å². The standard InChI is InChI=1S/C16H17NO2/c1-12-10-13(8-9-15(12)19-2)11-16(18)17-14-6-4-3-5-7-14/h3-10H,11H2,1-2H3,(H,17,18). The average Bonchev–Trinajstić information content (AvgIpc) is 2.40. The summed E-state index contributed by atoms with van der Waals surface area (Å²) in [7, 11) is 1.64. The van der Waals surface area contributed by atoms with E-state index in [1.54, 1.807) is 7.11 Å². The molecule has 0 saturated carbocycles. The highest BCUT2D eigenvalue weighted by Crippen LogP contribution is 2.19. The summed E-state index contributed by atoms with van der Waals surface area (Å²) in [6.07, 6.45) is 0.361. The van der Waals surface area contributed by atoms with Crippen molar-refractivity contribution in [3.05, 3.63) is 59.7 Å². The number of aryl methyl sites for hydroxylation is 1. The number of para-hydroxylation sites is 1. The third kappa shape index (κ3) is 3.58. The molecule has 0 aromatic heterocycles. The third-order valence-corrected chi connectivity index (χ3v) is 2.88.